The van der Waals surface area contributed by atoms with Gasteiger partial charge in [-0.1, -0.05) is 48.0 Å². The van der Waals surface area contributed by atoms with Gasteiger partial charge in [-0.3, -0.25) is 0 Å². The molecule has 0 aliphatic heterocycles. The zero-order valence-electron chi connectivity index (χ0n) is 16.5. The number of halogens is 2. The Balaban J connectivity index is 0.00000300. The quantitative estimate of drug-likeness (QED) is 0.260. The lowest BCUT2D eigenvalue weighted by Gasteiger charge is -2.12. The summed E-state index contributed by atoms with van der Waals surface area (Å²) in [6, 6.07) is 16.5. The van der Waals surface area contributed by atoms with Gasteiger partial charge in [0, 0.05) is 37.1 Å². The highest BCUT2D eigenvalue weighted by atomic mass is 127. The predicted octanol–water partition coefficient (Wildman–Crippen LogP) is 4.50. The lowest BCUT2D eigenvalue weighted by atomic mass is 10.1. The highest BCUT2D eigenvalue weighted by Gasteiger charge is 2.01. The molecule has 0 spiro atoms. The van der Waals surface area contributed by atoms with Crippen molar-refractivity contribution in [3.05, 3.63) is 89.0 Å². The van der Waals surface area contributed by atoms with E-state index in [0.717, 1.165) is 37.0 Å². The largest absolute Gasteiger partial charge is 0.357 e. The van der Waals surface area contributed by atoms with Crippen LogP contribution < -0.4 is 10.6 Å². The summed E-state index contributed by atoms with van der Waals surface area (Å²) >= 11 is 6.05. The number of nitrogens with zero attached hydrogens (tertiary/aromatic N) is 3. The highest BCUT2D eigenvalue weighted by Crippen LogP contribution is 2.11. The normalized spacial score (nSPS) is 11.0. The summed E-state index contributed by atoms with van der Waals surface area (Å²) in [6.07, 6.45) is 6.49. The molecular formula is C22H27ClIN5. The fourth-order valence-electron chi connectivity index (χ4n) is 2.95. The second-order valence-corrected chi connectivity index (χ2v) is 6.99. The lowest BCUT2D eigenvalue weighted by Crippen LogP contribution is -2.38. The molecule has 0 amide bonds. The molecule has 29 heavy (non-hydrogen) atoms. The number of aromatic nitrogens is 2. The first-order valence-corrected chi connectivity index (χ1v) is 9.91. The van der Waals surface area contributed by atoms with Crippen LogP contribution in [0.15, 0.2) is 72.2 Å². The van der Waals surface area contributed by atoms with E-state index in [1.165, 1.54) is 16.7 Å². The number of hydrogen-bond donors (Lipinski definition) is 2. The van der Waals surface area contributed by atoms with E-state index in [0.29, 0.717) is 6.54 Å². The first-order valence-electron chi connectivity index (χ1n) is 9.53. The van der Waals surface area contributed by atoms with Crippen molar-refractivity contribution in [3.63, 3.8) is 0 Å². The molecular weight excluding hydrogens is 497 g/mol. The summed E-state index contributed by atoms with van der Waals surface area (Å²) < 4.78 is 2.06. The van der Waals surface area contributed by atoms with Gasteiger partial charge in [0.1, 0.15) is 0 Å². The molecule has 0 unspecified atom stereocenters. The molecule has 0 fully saturated rings. The number of imidazole rings is 1. The van der Waals surface area contributed by atoms with E-state index in [1.807, 2.05) is 30.7 Å². The van der Waals surface area contributed by atoms with Crippen LogP contribution in [0.25, 0.3) is 0 Å². The molecule has 3 aromatic rings. The number of guanidine groups is 1. The first-order chi connectivity index (χ1) is 13.7. The molecule has 5 nitrogen and oxygen atoms in total. The van der Waals surface area contributed by atoms with Crippen LogP contribution in [0.1, 0.15) is 23.6 Å². The van der Waals surface area contributed by atoms with Crippen molar-refractivity contribution in [2.24, 2.45) is 4.99 Å². The number of nitrogens with one attached hydrogen (secondary N) is 2. The van der Waals surface area contributed by atoms with E-state index in [-0.39, 0.29) is 24.0 Å². The number of hydrogen-bond acceptors (Lipinski definition) is 2. The average Bonchev–Trinajstić information content (AvgIpc) is 3.19. The monoisotopic (exact) mass is 523 g/mol. The van der Waals surface area contributed by atoms with Crippen molar-refractivity contribution in [1.29, 1.82) is 0 Å². The highest BCUT2D eigenvalue weighted by molar-refractivity contribution is 14.0. The molecule has 0 saturated carbocycles. The molecule has 1 aromatic heterocycles. The molecule has 154 valence electrons. The van der Waals surface area contributed by atoms with Crippen molar-refractivity contribution in [2.75, 3.05) is 13.1 Å². The Hall–Kier alpha value is -2.06. The number of benzene rings is 2. The molecule has 2 aromatic carbocycles. The molecule has 1 heterocycles. The van der Waals surface area contributed by atoms with E-state index in [2.05, 4.69) is 57.4 Å². The van der Waals surface area contributed by atoms with Crippen LogP contribution >= 0.6 is 35.6 Å². The molecule has 0 aliphatic rings. The molecule has 0 aliphatic carbocycles. The molecule has 0 bridgehead atoms. The summed E-state index contributed by atoms with van der Waals surface area (Å²) in [5.74, 6) is 0.824. The summed E-state index contributed by atoms with van der Waals surface area (Å²) in [6.45, 7) is 5.14. The Morgan fingerprint density at radius 2 is 1.86 bits per heavy atom. The summed E-state index contributed by atoms with van der Waals surface area (Å²) in [4.78, 5) is 8.81. The maximum absolute atomic E-state index is 6.05. The van der Waals surface area contributed by atoms with Gasteiger partial charge in [-0.2, -0.15) is 0 Å². The topological polar surface area (TPSA) is 54.2 Å². The molecule has 0 saturated heterocycles. The third-order valence-electron chi connectivity index (χ3n) is 4.27. The second-order valence-electron chi connectivity index (χ2n) is 6.56. The van der Waals surface area contributed by atoms with Gasteiger partial charge in [-0.25, -0.2) is 9.98 Å². The minimum Gasteiger partial charge on any atom is -0.357 e. The van der Waals surface area contributed by atoms with Crippen molar-refractivity contribution < 1.29 is 0 Å². The number of aliphatic imine (C=N–C) groups is 1. The maximum atomic E-state index is 6.05. The predicted molar refractivity (Wildman–Crippen MR) is 131 cm³/mol. The van der Waals surface area contributed by atoms with Crippen LogP contribution in [0.2, 0.25) is 5.02 Å². The van der Waals surface area contributed by atoms with Crippen LogP contribution in [0, 0.1) is 0 Å². The van der Waals surface area contributed by atoms with Crippen molar-refractivity contribution in [3.8, 4) is 0 Å². The Morgan fingerprint density at radius 3 is 2.62 bits per heavy atom. The van der Waals surface area contributed by atoms with Crippen LogP contribution in [-0.2, 0) is 19.5 Å². The summed E-state index contributed by atoms with van der Waals surface area (Å²) in [5, 5.41) is 7.47. The third-order valence-corrected chi connectivity index (χ3v) is 4.51. The Bertz CT molecular complexity index is 896. The minimum atomic E-state index is 0. The maximum Gasteiger partial charge on any atom is 0.191 e. The molecule has 2 N–H and O–H groups in total. The molecule has 7 heteroatoms. The van der Waals surface area contributed by atoms with Gasteiger partial charge >= 0.3 is 0 Å². The van der Waals surface area contributed by atoms with Gasteiger partial charge in [0.2, 0.25) is 0 Å². The van der Waals surface area contributed by atoms with Gasteiger partial charge in [0.25, 0.3) is 0 Å². The van der Waals surface area contributed by atoms with E-state index in [1.54, 1.807) is 6.20 Å². The van der Waals surface area contributed by atoms with Crippen LogP contribution in [0.4, 0.5) is 0 Å². The van der Waals surface area contributed by atoms with E-state index in [4.69, 9.17) is 16.6 Å². The van der Waals surface area contributed by atoms with Gasteiger partial charge in [0.05, 0.1) is 12.9 Å². The second kappa shape index (κ2) is 12.5. The van der Waals surface area contributed by atoms with Gasteiger partial charge < -0.3 is 15.2 Å². The smallest absolute Gasteiger partial charge is 0.191 e. The summed E-state index contributed by atoms with van der Waals surface area (Å²) in [5.41, 5.74) is 3.64. The van der Waals surface area contributed by atoms with Crippen molar-refractivity contribution in [2.45, 2.75) is 26.4 Å². The molecule has 3 rings (SSSR count). The SMILES string of the molecule is CCNC(=NCc1cccc(Cn2ccnc2)c1)NCCc1cccc(Cl)c1.I. The van der Waals surface area contributed by atoms with Crippen LogP contribution in [-0.4, -0.2) is 28.6 Å². The fraction of sp³-hybridized carbons (Fsp3) is 0.273. The van der Waals surface area contributed by atoms with Gasteiger partial charge in [-0.15, -0.1) is 24.0 Å². The average molecular weight is 524 g/mol. The Labute approximate surface area is 194 Å². The number of rotatable bonds is 8. The van der Waals surface area contributed by atoms with Crippen LogP contribution in [0.5, 0.6) is 0 Å². The molecule has 0 radical (unpaired) electrons. The summed E-state index contributed by atoms with van der Waals surface area (Å²) in [7, 11) is 0. The molecule has 0 atom stereocenters. The zero-order chi connectivity index (χ0) is 19.6. The fourth-order valence-corrected chi connectivity index (χ4v) is 3.16. The van der Waals surface area contributed by atoms with Crippen molar-refractivity contribution >= 4 is 41.5 Å². The van der Waals surface area contributed by atoms with Crippen molar-refractivity contribution in [1.82, 2.24) is 20.2 Å². The standard InChI is InChI=1S/C22H26ClN5.HI/c1-2-25-22(26-10-9-18-5-4-8-21(23)14-18)27-15-19-6-3-7-20(13-19)16-28-12-11-24-17-28;/h3-8,11-14,17H,2,9-10,15-16H2,1H3,(H2,25,26,27);1H. The van der Waals surface area contributed by atoms with Crippen LogP contribution in [0.3, 0.4) is 0 Å². The zero-order valence-corrected chi connectivity index (χ0v) is 19.6. The lowest BCUT2D eigenvalue weighted by molar-refractivity contribution is 0.791. The van der Waals surface area contributed by atoms with E-state index >= 15 is 0 Å². The van der Waals surface area contributed by atoms with Gasteiger partial charge in [0.15, 0.2) is 5.96 Å². The Kier molecular flexibility index (Phi) is 10.0. The first kappa shape index (κ1) is 23.2. The minimum absolute atomic E-state index is 0. The van der Waals surface area contributed by atoms with E-state index < -0.39 is 0 Å². The Morgan fingerprint density at radius 1 is 1.07 bits per heavy atom. The van der Waals surface area contributed by atoms with E-state index in [9.17, 15) is 0 Å². The van der Waals surface area contributed by atoms with Gasteiger partial charge in [-0.05, 0) is 42.2 Å². The third kappa shape index (κ3) is 8.06.